The van der Waals surface area contributed by atoms with Crippen molar-refractivity contribution >= 4 is 40.0 Å². The van der Waals surface area contributed by atoms with Gasteiger partial charge in [0.1, 0.15) is 10.8 Å². The summed E-state index contributed by atoms with van der Waals surface area (Å²) >= 11 is 0.953. The molecule has 1 aromatic carbocycles. The molecule has 0 aliphatic rings. The molecule has 0 bridgehead atoms. The Bertz CT molecular complexity index is 1100. The normalized spacial score (nSPS) is 12.6. The lowest BCUT2D eigenvalue weighted by Crippen LogP contribution is -2.46. The Morgan fingerprint density at radius 2 is 1.67 bits per heavy atom. The van der Waals surface area contributed by atoms with Crippen LogP contribution in [0.25, 0.3) is 0 Å². The van der Waals surface area contributed by atoms with E-state index in [0.717, 1.165) is 11.3 Å². The zero-order valence-electron chi connectivity index (χ0n) is 21.1. The molecule has 3 amide bonds. The third-order valence-corrected chi connectivity index (χ3v) is 6.91. The minimum absolute atomic E-state index is 0.0194. The summed E-state index contributed by atoms with van der Waals surface area (Å²) in [5.74, 6) is -2.87. The van der Waals surface area contributed by atoms with Crippen LogP contribution >= 0.6 is 11.3 Å². The van der Waals surface area contributed by atoms with Gasteiger partial charge in [-0.3, -0.25) is 14.4 Å². The van der Waals surface area contributed by atoms with Crippen LogP contribution in [0.4, 0.5) is 9.39 Å². The molecule has 1 heterocycles. The van der Waals surface area contributed by atoms with Gasteiger partial charge in [0.2, 0.25) is 11.8 Å². The van der Waals surface area contributed by atoms with Crippen LogP contribution in [-0.2, 0) is 14.3 Å². The van der Waals surface area contributed by atoms with Crippen molar-refractivity contribution in [3.8, 4) is 0 Å². The standard InChI is InChI=1S/C25H33FN4O5S/c1-6-17(15-7-9-16(26)10-8-15)21(31)30-24-18(25(34)35-5)14(4)20(36-24)23(33)29-12-11-28-22(32)19(27)13(2)3/h7-10,13,17,19H,6,11-12,27H2,1-5H3,(H,28,32)(H,29,33)(H,30,31)/t17?,19-/m1/s1. The molecule has 11 heteroatoms. The zero-order valence-corrected chi connectivity index (χ0v) is 21.9. The topological polar surface area (TPSA) is 140 Å². The van der Waals surface area contributed by atoms with Gasteiger partial charge in [-0.05, 0) is 42.5 Å². The minimum Gasteiger partial charge on any atom is -0.465 e. The van der Waals surface area contributed by atoms with Gasteiger partial charge in [-0.1, -0.05) is 32.9 Å². The molecule has 5 N–H and O–H groups in total. The molecule has 0 aliphatic heterocycles. The van der Waals surface area contributed by atoms with Gasteiger partial charge < -0.3 is 26.4 Å². The maximum absolute atomic E-state index is 13.3. The second-order valence-corrected chi connectivity index (χ2v) is 9.59. The van der Waals surface area contributed by atoms with Crippen molar-refractivity contribution in [2.45, 2.75) is 46.1 Å². The second-order valence-electron chi connectivity index (χ2n) is 8.57. The van der Waals surface area contributed by atoms with Crippen molar-refractivity contribution in [1.29, 1.82) is 0 Å². The molecular formula is C25H33FN4O5S. The Morgan fingerprint density at radius 1 is 1.06 bits per heavy atom. The average Bonchev–Trinajstić information content (AvgIpc) is 3.17. The van der Waals surface area contributed by atoms with Gasteiger partial charge in [0.05, 0.1) is 29.5 Å². The summed E-state index contributed by atoms with van der Waals surface area (Å²) in [4.78, 5) is 50.5. The van der Waals surface area contributed by atoms with Gasteiger partial charge in [0, 0.05) is 13.1 Å². The van der Waals surface area contributed by atoms with Crippen LogP contribution in [-0.4, -0.2) is 49.9 Å². The van der Waals surface area contributed by atoms with E-state index in [1.807, 2.05) is 20.8 Å². The van der Waals surface area contributed by atoms with Crippen LogP contribution in [0.15, 0.2) is 24.3 Å². The van der Waals surface area contributed by atoms with E-state index in [9.17, 15) is 23.6 Å². The summed E-state index contributed by atoms with van der Waals surface area (Å²) in [6, 6.07) is 4.99. The first-order valence-electron chi connectivity index (χ1n) is 11.6. The number of thiophene rings is 1. The third kappa shape index (κ3) is 7.11. The predicted octanol–water partition coefficient (Wildman–Crippen LogP) is 2.94. The number of carbonyl (C=O) groups excluding carboxylic acids is 4. The summed E-state index contributed by atoms with van der Waals surface area (Å²) in [7, 11) is 1.21. The lowest BCUT2D eigenvalue weighted by molar-refractivity contribution is -0.123. The van der Waals surface area contributed by atoms with Gasteiger partial charge in [0.25, 0.3) is 5.91 Å². The first-order chi connectivity index (χ1) is 17.0. The molecule has 36 heavy (non-hydrogen) atoms. The van der Waals surface area contributed by atoms with E-state index in [2.05, 4.69) is 16.0 Å². The number of nitrogens with one attached hydrogen (secondary N) is 3. The summed E-state index contributed by atoms with van der Waals surface area (Å²) in [6.45, 7) is 7.41. The third-order valence-electron chi connectivity index (χ3n) is 5.71. The number of benzene rings is 1. The molecule has 0 aliphatic carbocycles. The summed E-state index contributed by atoms with van der Waals surface area (Å²) < 4.78 is 18.2. The summed E-state index contributed by atoms with van der Waals surface area (Å²) in [5, 5.41) is 8.29. The molecule has 9 nitrogen and oxygen atoms in total. The summed E-state index contributed by atoms with van der Waals surface area (Å²) in [6.07, 6.45) is 0.439. The van der Waals surface area contributed by atoms with Crippen LogP contribution in [0.3, 0.4) is 0 Å². The van der Waals surface area contributed by atoms with E-state index in [-0.39, 0.29) is 40.4 Å². The molecule has 0 saturated heterocycles. The van der Waals surface area contributed by atoms with Crippen molar-refractivity contribution in [1.82, 2.24) is 10.6 Å². The van der Waals surface area contributed by atoms with E-state index in [1.165, 1.54) is 31.4 Å². The van der Waals surface area contributed by atoms with E-state index >= 15 is 0 Å². The number of esters is 1. The van der Waals surface area contributed by atoms with E-state index < -0.39 is 35.6 Å². The van der Waals surface area contributed by atoms with Crippen molar-refractivity contribution in [3.63, 3.8) is 0 Å². The first-order valence-corrected chi connectivity index (χ1v) is 12.4. The quantitative estimate of drug-likeness (QED) is 0.265. The van der Waals surface area contributed by atoms with Crippen molar-refractivity contribution in [3.05, 3.63) is 51.7 Å². The van der Waals surface area contributed by atoms with Crippen LogP contribution in [0, 0.1) is 18.7 Å². The molecule has 0 spiro atoms. The number of halogens is 1. The lowest BCUT2D eigenvalue weighted by atomic mass is 9.95. The first kappa shape index (κ1) is 28.9. The van der Waals surface area contributed by atoms with Crippen LogP contribution < -0.4 is 21.7 Å². The molecule has 2 rings (SSSR count). The predicted molar refractivity (Wildman–Crippen MR) is 137 cm³/mol. The summed E-state index contributed by atoms with van der Waals surface area (Å²) in [5.41, 5.74) is 6.87. The van der Waals surface area contributed by atoms with E-state index in [4.69, 9.17) is 10.5 Å². The van der Waals surface area contributed by atoms with E-state index in [0.29, 0.717) is 17.5 Å². The maximum Gasteiger partial charge on any atom is 0.341 e. The number of hydrogen-bond donors (Lipinski definition) is 4. The van der Waals surface area contributed by atoms with Crippen LogP contribution in [0.5, 0.6) is 0 Å². The highest BCUT2D eigenvalue weighted by Gasteiger charge is 2.28. The fourth-order valence-corrected chi connectivity index (χ4v) is 4.61. The number of methoxy groups -OCH3 is 1. The Morgan fingerprint density at radius 3 is 2.22 bits per heavy atom. The van der Waals surface area contributed by atoms with Crippen molar-refractivity contribution < 1.29 is 28.3 Å². The molecular weight excluding hydrogens is 487 g/mol. The molecule has 196 valence electrons. The van der Waals surface area contributed by atoms with Crippen molar-refractivity contribution in [2.24, 2.45) is 11.7 Å². The number of rotatable bonds is 11. The van der Waals surface area contributed by atoms with Gasteiger partial charge in [-0.15, -0.1) is 11.3 Å². The highest BCUT2D eigenvalue weighted by atomic mass is 32.1. The van der Waals surface area contributed by atoms with Crippen LogP contribution in [0.1, 0.15) is 64.3 Å². The van der Waals surface area contributed by atoms with Crippen molar-refractivity contribution in [2.75, 3.05) is 25.5 Å². The molecule has 1 aromatic heterocycles. The maximum atomic E-state index is 13.3. The molecule has 0 radical (unpaired) electrons. The van der Waals surface area contributed by atoms with Gasteiger partial charge in [-0.25, -0.2) is 9.18 Å². The minimum atomic E-state index is -0.692. The SMILES string of the molecule is CCC(C(=O)Nc1sc(C(=O)NCCNC(=O)[C@H](N)C(C)C)c(C)c1C(=O)OC)c1ccc(F)cc1. The Kier molecular flexibility index (Phi) is 10.5. The Hall–Kier alpha value is -3.31. The number of nitrogens with two attached hydrogens (primary N) is 1. The second kappa shape index (κ2) is 13.1. The highest BCUT2D eigenvalue weighted by Crippen LogP contribution is 2.35. The highest BCUT2D eigenvalue weighted by molar-refractivity contribution is 7.18. The fourth-order valence-electron chi connectivity index (χ4n) is 3.50. The molecule has 0 saturated carbocycles. The number of hydrogen-bond acceptors (Lipinski definition) is 7. The van der Waals surface area contributed by atoms with Gasteiger partial charge in [0.15, 0.2) is 0 Å². The number of amides is 3. The number of anilines is 1. The fraction of sp³-hybridized carbons (Fsp3) is 0.440. The molecule has 1 unspecified atom stereocenters. The number of ether oxygens (including phenoxy) is 1. The monoisotopic (exact) mass is 520 g/mol. The number of carbonyl (C=O) groups is 4. The van der Waals surface area contributed by atoms with E-state index in [1.54, 1.807) is 6.92 Å². The zero-order chi connectivity index (χ0) is 27.0. The largest absolute Gasteiger partial charge is 0.465 e. The Balaban J connectivity index is 2.17. The molecule has 2 atom stereocenters. The smallest absolute Gasteiger partial charge is 0.341 e. The van der Waals surface area contributed by atoms with Gasteiger partial charge in [-0.2, -0.15) is 0 Å². The average molecular weight is 521 g/mol. The Labute approximate surface area is 214 Å². The lowest BCUT2D eigenvalue weighted by Gasteiger charge is -2.15. The van der Waals surface area contributed by atoms with Gasteiger partial charge >= 0.3 is 5.97 Å². The molecule has 0 fully saturated rings. The molecule has 2 aromatic rings. The van der Waals surface area contributed by atoms with Crippen LogP contribution in [0.2, 0.25) is 0 Å².